The fourth-order valence-corrected chi connectivity index (χ4v) is 4.37. The first-order valence-electron chi connectivity index (χ1n) is 11.2. The van der Waals surface area contributed by atoms with Gasteiger partial charge in [-0.25, -0.2) is 4.79 Å². The zero-order valence-electron chi connectivity index (χ0n) is 18.2. The molecule has 0 aliphatic carbocycles. The Labute approximate surface area is 179 Å². The van der Waals surface area contributed by atoms with Crippen LogP contribution in [-0.2, 0) is 9.59 Å². The number of amides is 4. The number of anilines is 1. The molecule has 0 aromatic heterocycles. The number of piperidine rings is 2. The number of rotatable bonds is 5. The van der Waals surface area contributed by atoms with Crippen LogP contribution >= 0.6 is 0 Å². The van der Waals surface area contributed by atoms with Gasteiger partial charge in [-0.15, -0.1) is 0 Å². The Morgan fingerprint density at radius 3 is 2.60 bits per heavy atom. The van der Waals surface area contributed by atoms with Crippen molar-refractivity contribution >= 4 is 23.5 Å². The van der Waals surface area contributed by atoms with Gasteiger partial charge in [-0.3, -0.25) is 9.59 Å². The van der Waals surface area contributed by atoms with Gasteiger partial charge in [-0.1, -0.05) is 19.1 Å². The first kappa shape index (κ1) is 22.1. The smallest absolute Gasteiger partial charge is 0.321 e. The van der Waals surface area contributed by atoms with Crippen LogP contribution in [0.1, 0.15) is 51.0 Å². The molecule has 4 amide bonds. The maximum atomic E-state index is 13.1. The van der Waals surface area contributed by atoms with Crippen molar-refractivity contribution < 1.29 is 14.4 Å². The molecule has 0 saturated carbocycles. The summed E-state index contributed by atoms with van der Waals surface area (Å²) in [4.78, 5) is 41.4. The molecule has 7 heteroatoms. The molecule has 2 fully saturated rings. The lowest BCUT2D eigenvalue weighted by molar-refractivity contribution is -0.139. The third-order valence-corrected chi connectivity index (χ3v) is 5.90. The number of nitrogens with zero attached hydrogens (tertiary/aromatic N) is 2. The van der Waals surface area contributed by atoms with Crippen LogP contribution in [0.2, 0.25) is 0 Å². The highest BCUT2D eigenvalue weighted by Crippen LogP contribution is 2.22. The lowest BCUT2D eigenvalue weighted by Gasteiger charge is -2.38. The molecule has 30 heavy (non-hydrogen) atoms. The van der Waals surface area contributed by atoms with Crippen LogP contribution < -0.4 is 10.6 Å². The zero-order valence-corrected chi connectivity index (χ0v) is 18.2. The Hall–Kier alpha value is -2.57. The van der Waals surface area contributed by atoms with Gasteiger partial charge in [0, 0.05) is 44.3 Å². The molecule has 2 saturated heterocycles. The Balaban J connectivity index is 1.54. The molecule has 2 atom stereocenters. The van der Waals surface area contributed by atoms with Crippen molar-refractivity contribution in [1.82, 2.24) is 15.1 Å². The fourth-order valence-electron chi connectivity index (χ4n) is 4.37. The normalized spacial score (nSPS) is 21.8. The van der Waals surface area contributed by atoms with E-state index in [0.717, 1.165) is 49.9 Å². The number of hydrogen-bond acceptors (Lipinski definition) is 3. The number of carbonyl (C=O) groups excluding carboxylic acids is 3. The van der Waals surface area contributed by atoms with Crippen molar-refractivity contribution in [3.05, 3.63) is 29.8 Å². The van der Waals surface area contributed by atoms with Crippen LogP contribution in [0.3, 0.4) is 0 Å². The topological polar surface area (TPSA) is 81.8 Å². The molecule has 164 valence electrons. The molecule has 2 N–H and O–H groups in total. The lowest BCUT2D eigenvalue weighted by atomic mass is 9.95. The second-order valence-corrected chi connectivity index (χ2v) is 8.53. The number of aryl methyl sites for hydroxylation is 1. The van der Waals surface area contributed by atoms with E-state index in [1.807, 2.05) is 43.0 Å². The average Bonchev–Trinajstić information content (AvgIpc) is 2.73. The van der Waals surface area contributed by atoms with E-state index < -0.39 is 0 Å². The molecular weight excluding hydrogens is 380 g/mol. The highest BCUT2D eigenvalue weighted by Gasteiger charge is 2.33. The van der Waals surface area contributed by atoms with Crippen LogP contribution in [0.5, 0.6) is 0 Å². The lowest BCUT2D eigenvalue weighted by Crippen LogP contribution is -2.53. The van der Waals surface area contributed by atoms with Crippen LogP contribution in [0.15, 0.2) is 24.3 Å². The Bertz CT molecular complexity index is 767. The van der Waals surface area contributed by atoms with Gasteiger partial charge in [0.2, 0.25) is 11.8 Å². The number of urea groups is 1. The summed E-state index contributed by atoms with van der Waals surface area (Å²) in [6.07, 6.45) is 4.78. The summed E-state index contributed by atoms with van der Waals surface area (Å²) >= 11 is 0. The van der Waals surface area contributed by atoms with Gasteiger partial charge in [0.25, 0.3) is 0 Å². The number of likely N-dealkylation sites (tertiary alicyclic amines) is 2. The van der Waals surface area contributed by atoms with Crippen LogP contribution in [0.4, 0.5) is 10.5 Å². The summed E-state index contributed by atoms with van der Waals surface area (Å²) in [5.41, 5.74) is 1.86. The second-order valence-electron chi connectivity index (χ2n) is 8.53. The van der Waals surface area contributed by atoms with E-state index >= 15 is 0 Å². The van der Waals surface area contributed by atoms with Gasteiger partial charge in [0.15, 0.2) is 0 Å². The third kappa shape index (κ3) is 5.97. The highest BCUT2D eigenvalue weighted by atomic mass is 16.2. The predicted molar refractivity (Wildman–Crippen MR) is 117 cm³/mol. The maximum absolute atomic E-state index is 13.1. The number of carbonyl (C=O) groups is 3. The minimum absolute atomic E-state index is 0.0334. The Morgan fingerprint density at radius 2 is 1.83 bits per heavy atom. The van der Waals surface area contributed by atoms with Crippen LogP contribution in [0.25, 0.3) is 0 Å². The third-order valence-electron chi connectivity index (χ3n) is 5.90. The van der Waals surface area contributed by atoms with Gasteiger partial charge in [0.05, 0.1) is 5.92 Å². The fraction of sp³-hybridized carbons (Fsp3) is 0.609. The SMILES string of the molecule is CCCC(=O)NC1CCCN(C(=O)C2CCCN(C(=O)Nc3cccc(C)c3)C2)C1. The van der Waals surface area contributed by atoms with Crippen molar-refractivity contribution in [2.75, 3.05) is 31.5 Å². The molecule has 2 aliphatic rings. The van der Waals surface area contributed by atoms with Crippen LogP contribution in [0, 0.1) is 12.8 Å². The number of hydrogen-bond donors (Lipinski definition) is 2. The molecule has 2 heterocycles. The molecule has 3 rings (SSSR count). The van der Waals surface area contributed by atoms with E-state index in [9.17, 15) is 14.4 Å². The van der Waals surface area contributed by atoms with Gasteiger partial charge in [-0.2, -0.15) is 0 Å². The van der Waals surface area contributed by atoms with Crippen molar-refractivity contribution in [3.63, 3.8) is 0 Å². The van der Waals surface area contributed by atoms with Gasteiger partial charge >= 0.3 is 6.03 Å². The van der Waals surface area contributed by atoms with Gasteiger partial charge in [-0.05, 0) is 56.7 Å². The van der Waals surface area contributed by atoms with Crippen molar-refractivity contribution in [3.8, 4) is 0 Å². The van der Waals surface area contributed by atoms with Crippen LogP contribution in [-0.4, -0.2) is 59.9 Å². The molecule has 0 radical (unpaired) electrons. The first-order chi connectivity index (χ1) is 14.5. The molecular formula is C23H34N4O3. The molecule has 1 aromatic carbocycles. The molecule has 7 nitrogen and oxygen atoms in total. The molecule has 1 aromatic rings. The second kappa shape index (κ2) is 10.5. The largest absolute Gasteiger partial charge is 0.352 e. The molecule has 0 bridgehead atoms. The van der Waals surface area contributed by atoms with E-state index in [0.29, 0.717) is 26.1 Å². The molecule has 2 aliphatic heterocycles. The summed E-state index contributed by atoms with van der Waals surface area (Å²) in [5, 5.41) is 6.01. The van der Waals surface area contributed by atoms with Gasteiger partial charge in [0.1, 0.15) is 0 Å². The van der Waals surface area contributed by atoms with E-state index in [2.05, 4.69) is 10.6 Å². The molecule has 0 spiro atoms. The minimum atomic E-state index is -0.174. The van der Waals surface area contributed by atoms with E-state index in [-0.39, 0.29) is 29.8 Å². The molecule has 2 unspecified atom stereocenters. The summed E-state index contributed by atoms with van der Waals surface area (Å²) in [6, 6.07) is 7.59. The predicted octanol–water partition coefficient (Wildman–Crippen LogP) is 3.15. The summed E-state index contributed by atoms with van der Waals surface area (Å²) in [7, 11) is 0. The Morgan fingerprint density at radius 1 is 1.07 bits per heavy atom. The quantitative estimate of drug-likeness (QED) is 0.777. The number of nitrogens with one attached hydrogen (secondary N) is 2. The zero-order chi connectivity index (χ0) is 21.5. The maximum Gasteiger partial charge on any atom is 0.321 e. The highest BCUT2D eigenvalue weighted by molar-refractivity contribution is 5.90. The average molecular weight is 415 g/mol. The standard InChI is InChI=1S/C23H34N4O3/c1-3-7-21(28)24-20-11-6-12-26(16-20)22(29)18-9-5-13-27(15-18)23(30)25-19-10-4-8-17(2)14-19/h4,8,10,14,18,20H,3,5-7,9,11-13,15-16H2,1-2H3,(H,24,28)(H,25,30). The Kier molecular flexibility index (Phi) is 7.71. The van der Waals surface area contributed by atoms with Gasteiger partial charge < -0.3 is 20.4 Å². The summed E-state index contributed by atoms with van der Waals surface area (Å²) < 4.78 is 0. The number of benzene rings is 1. The van der Waals surface area contributed by atoms with Crippen molar-refractivity contribution in [2.45, 2.75) is 58.4 Å². The van der Waals surface area contributed by atoms with E-state index in [4.69, 9.17) is 0 Å². The van der Waals surface area contributed by atoms with Crippen molar-refractivity contribution in [1.29, 1.82) is 0 Å². The van der Waals surface area contributed by atoms with Crippen molar-refractivity contribution in [2.24, 2.45) is 5.92 Å². The summed E-state index contributed by atoms with van der Waals surface area (Å²) in [5.74, 6) is -0.00180. The monoisotopic (exact) mass is 414 g/mol. The van der Waals surface area contributed by atoms with E-state index in [1.165, 1.54) is 0 Å². The first-order valence-corrected chi connectivity index (χ1v) is 11.2. The summed E-state index contributed by atoms with van der Waals surface area (Å²) in [6.45, 7) is 6.38. The minimum Gasteiger partial charge on any atom is -0.352 e. The van der Waals surface area contributed by atoms with E-state index in [1.54, 1.807) is 4.90 Å².